The third-order valence-corrected chi connectivity index (χ3v) is 5.43. The van der Waals surface area contributed by atoms with Crippen molar-refractivity contribution in [2.75, 3.05) is 26.7 Å². The maximum Gasteiger partial charge on any atom is 0.248 e. The maximum atomic E-state index is 12.8. The summed E-state index contributed by atoms with van der Waals surface area (Å²) in [4.78, 5) is 29.2. The topological polar surface area (TPSA) is 52.7 Å². The zero-order chi connectivity index (χ0) is 15.8. The molecule has 120 valence electrons. The van der Waals surface area contributed by atoms with E-state index in [-0.39, 0.29) is 23.3 Å². The van der Waals surface area contributed by atoms with Gasteiger partial charge in [0.2, 0.25) is 11.8 Å². The van der Waals surface area contributed by atoms with Crippen molar-refractivity contribution in [3.05, 3.63) is 0 Å². The summed E-state index contributed by atoms with van der Waals surface area (Å²) in [7, 11) is 2.13. The molecule has 0 spiro atoms. The fourth-order valence-corrected chi connectivity index (χ4v) is 3.24. The van der Waals surface area contributed by atoms with E-state index in [2.05, 4.69) is 24.2 Å². The molecule has 2 rings (SSSR count). The lowest BCUT2D eigenvalue weighted by atomic mass is 9.78. The molecule has 0 radical (unpaired) electrons. The molecule has 2 unspecified atom stereocenters. The first-order chi connectivity index (χ1) is 9.71. The molecule has 0 aliphatic carbocycles. The molecule has 2 fully saturated rings. The highest BCUT2D eigenvalue weighted by Gasteiger charge is 2.47. The van der Waals surface area contributed by atoms with Crippen molar-refractivity contribution in [2.45, 2.75) is 58.5 Å². The number of rotatable bonds is 3. The van der Waals surface area contributed by atoms with Crippen molar-refractivity contribution in [1.29, 1.82) is 0 Å². The first-order valence-corrected chi connectivity index (χ1v) is 8.02. The highest BCUT2D eigenvalue weighted by Crippen LogP contribution is 2.34. The number of piperazine rings is 1. The van der Waals surface area contributed by atoms with Gasteiger partial charge in [-0.25, -0.2) is 0 Å². The number of amides is 2. The number of carbonyl (C=O) groups is 2. The lowest BCUT2D eigenvalue weighted by Crippen LogP contribution is -2.69. The van der Waals surface area contributed by atoms with Gasteiger partial charge in [-0.2, -0.15) is 0 Å². The van der Waals surface area contributed by atoms with Crippen LogP contribution in [0.4, 0.5) is 0 Å². The summed E-state index contributed by atoms with van der Waals surface area (Å²) in [5.74, 6) is 0.0349. The van der Waals surface area contributed by atoms with Gasteiger partial charge >= 0.3 is 0 Å². The van der Waals surface area contributed by atoms with Crippen molar-refractivity contribution < 1.29 is 9.59 Å². The monoisotopic (exact) mass is 295 g/mol. The van der Waals surface area contributed by atoms with Crippen LogP contribution in [0.15, 0.2) is 0 Å². The minimum atomic E-state index is -0.745. The van der Waals surface area contributed by atoms with E-state index in [1.54, 1.807) is 0 Å². The van der Waals surface area contributed by atoms with Gasteiger partial charge in [-0.3, -0.25) is 9.59 Å². The Hall–Kier alpha value is -1.10. The molecule has 0 aromatic rings. The third kappa shape index (κ3) is 3.07. The lowest BCUT2D eigenvalue weighted by Gasteiger charge is -2.48. The summed E-state index contributed by atoms with van der Waals surface area (Å²) in [5, 5.41) is 2.89. The number of carbonyl (C=O) groups excluding carboxylic acids is 2. The first kappa shape index (κ1) is 16.3. The van der Waals surface area contributed by atoms with Gasteiger partial charge in [0.1, 0.15) is 11.6 Å². The number of nitrogens with one attached hydrogen (secondary N) is 1. The maximum absolute atomic E-state index is 12.8. The van der Waals surface area contributed by atoms with Crippen LogP contribution in [0.2, 0.25) is 0 Å². The van der Waals surface area contributed by atoms with Crippen LogP contribution in [-0.4, -0.2) is 59.9 Å². The van der Waals surface area contributed by atoms with Crippen LogP contribution < -0.4 is 5.32 Å². The van der Waals surface area contributed by atoms with Crippen LogP contribution in [0.25, 0.3) is 0 Å². The number of likely N-dealkylation sites (tertiary alicyclic amines) is 1. The second kappa shape index (κ2) is 5.59. The molecule has 2 saturated heterocycles. The van der Waals surface area contributed by atoms with E-state index in [9.17, 15) is 9.59 Å². The van der Waals surface area contributed by atoms with Gasteiger partial charge in [0.25, 0.3) is 0 Å². The predicted octanol–water partition coefficient (Wildman–Crippen LogP) is 1.23. The molecule has 2 amide bonds. The molecular weight excluding hydrogens is 266 g/mol. The Morgan fingerprint density at radius 2 is 1.81 bits per heavy atom. The number of piperidine rings is 1. The summed E-state index contributed by atoms with van der Waals surface area (Å²) in [5.41, 5.74) is -0.631. The summed E-state index contributed by atoms with van der Waals surface area (Å²) < 4.78 is 0. The van der Waals surface area contributed by atoms with Crippen LogP contribution >= 0.6 is 0 Å². The Balaban J connectivity index is 2.16. The van der Waals surface area contributed by atoms with Crippen molar-refractivity contribution in [1.82, 2.24) is 15.1 Å². The van der Waals surface area contributed by atoms with Crippen LogP contribution in [0.3, 0.4) is 0 Å². The van der Waals surface area contributed by atoms with E-state index in [1.165, 1.54) is 0 Å². The number of hydrogen-bond acceptors (Lipinski definition) is 3. The largest absolute Gasteiger partial charge is 0.340 e. The molecule has 21 heavy (non-hydrogen) atoms. The standard InChI is InChI=1S/C16H29N3O2/c1-6-16(4)14(21)19(12(2)13(20)17-16)11-15(3)7-9-18(5)10-8-15/h12H,6-11H2,1-5H3,(H,17,20). The SMILES string of the molecule is CCC1(C)NC(=O)C(C)N(CC2(C)CCN(C)CC2)C1=O. The molecule has 2 aliphatic rings. The van der Waals surface area contributed by atoms with Gasteiger partial charge in [0.05, 0.1) is 0 Å². The zero-order valence-corrected chi connectivity index (χ0v) is 14.0. The van der Waals surface area contributed by atoms with Crippen LogP contribution in [0.5, 0.6) is 0 Å². The zero-order valence-electron chi connectivity index (χ0n) is 14.0. The smallest absolute Gasteiger partial charge is 0.248 e. The molecule has 2 atom stereocenters. The van der Waals surface area contributed by atoms with E-state index in [0.717, 1.165) is 25.9 Å². The molecule has 0 aromatic heterocycles. The Morgan fingerprint density at radius 3 is 2.33 bits per heavy atom. The number of nitrogens with zero attached hydrogens (tertiary/aromatic N) is 2. The number of hydrogen-bond donors (Lipinski definition) is 1. The molecule has 5 nitrogen and oxygen atoms in total. The first-order valence-electron chi connectivity index (χ1n) is 8.02. The van der Waals surface area contributed by atoms with E-state index in [0.29, 0.717) is 13.0 Å². The van der Waals surface area contributed by atoms with E-state index in [4.69, 9.17) is 0 Å². The predicted molar refractivity (Wildman–Crippen MR) is 82.9 cm³/mol. The van der Waals surface area contributed by atoms with Gasteiger partial charge in [-0.1, -0.05) is 13.8 Å². The van der Waals surface area contributed by atoms with Crippen LogP contribution in [-0.2, 0) is 9.59 Å². The van der Waals surface area contributed by atoms with E-state index >= 15 is 0 Å². The fraction of sp³-hybridized carbons (Fsp3) is 0.875. The average molecular weight is 295 g/mol. The normalized spacial score (nSPS) is 34.0. The Labute approximate surface area is 128 Å². The quantitative estimate of drug-likeness (QED) is 0.852. The van der Waals surface area contributed by atoms with Gasteiger partial charge in [-0.05, 0) is 58.7 Å². The van der Waals surface area contributed by atoms with Crippen molar-refractivity contribution in [3.63, 3.8) is 0 Å². The lowest BCUT2D eigenvalue weighted by molar-refractivity contribution is -0.156. The average Bonchev–Trinajstić information content (AvgIpc) is 2.45. The van der Waals surface area contributed by atoms with Crippen LogP contribution in [0, 0.1) is 5.41 Å². The van der Waals surface area contributed by atoms with Crippen molar-refractivity contribution in [2.24, 2.45) is 5.41 Å². The summed E-state index contributed by atoms with van der Waals surface area (Å²) in [6.07, 6.45) is 2.77. The van der Waals surface area contributed by atoms with Gasteiger partial charge < -0.3 is 15.1 Å². The molecule has 0 bridgehead atoms. The second-order valence-corrected chi connectivity index (χ2v) is 7.40. The molecular formula is C16H29N3O2. The third-order valence-electron chi connectivity index (χ3n) is 5.43. The molecule has 0 saturated carbocycles. The van der Waals surface area contributed by atoms with E-state index in [1.807, 2.05) is 25.7 Å². The second-order valence-electron chi connectivity index (χ2n) is 7.40. The minimum Gasteiger partial charge on any atom is -0.340 e. The van der Waals surface area contributed by atoms with E-state index < -0.39 is 5.54 Å². The summed E-state index contributed by atoms with van der Waals surface area (Å²) >= 11 is 0. The highest BCUT2D eigenvalue weighted by atomic mass is 16.2. The fourth-order valence-electron chi connectivity index (χ4n) is 3.24. The molecule has 2 heterocycles. The van der Waals surface area contributed by atoms with Gasteiger partial charge in [0, 0.05) is 6.54 Å². The molecule has 5 heteroatoms. The summed E-state index contributed by atoms with van der Waals surface area (Å²) in [6.45, 7) is 10.7. The summed E-state index contributed by atoms with van der Waals surface area (Å²) in [6, 6.07) is -0.367. The van der Waals surface area contributed by atoms with Crippen LogP contribution in [0.1, 0.15) is 47.0 Å². The van der Waals surface area contributed by atoms with Crippen molar-refractivity contribution in [3.8, 4) is 0 Å². The van der Waals surface area contributed by atoms with Gasteiger partial charge in [0.15, 0.2) is 0 Å². The Kier molecular flexibility index (Phi) is 4.34. The highest BCUT2D eigenvalue weighted by molar-refractivity contribution is 5.99. The molecule has 0 aromatic carbocycles. The van der Waals surface area contributed by atoms with Gasteiger partial charge in [-0.15, -0.1) is 0 Å². The van der Waals surface area contributed by atoms with Crippen molar-refractivity contribution >= 4 is 11.8 Å². The minimum absolute atomic E-state index is 0.0320. The Bertz CT molecular complexity index is 429. The molecule has 2 aliphatic heterocycles. The molecule has 1 N–H and O–H groups in total. The Morgan fingerprint density at radius 1 is 1.24 bits per heavy atom.